The number of hydrogen-bond donors (Lipinski definition) is 2. The van der Waals surface area contributed by atoms with Gasteiger partial charge in [0.25, 0.3) is 0 Å². The van der Waals surface area contributed by atoms with Crippen LogP contribution < -0.4 is 26.3 Å². The molecule has 3 heterocycles. The first kappa shape index (κ1) is 22.5. The van der Waals surface area contributed by atoms with Gasteiger partial charge in [0, 0.05) is 24.4 Å². The van der Waals surface area contributed by atoms with Gasteiger partial charge in [-0.1, -0.05) is 23.2 Å². The third kappa shape index (κ3) is 5.39. The van der Waals surface area contributed by atoms with E-state index in [4.69, 9.17) is 44.6 Å². The molecule has 2 aromatic heterocycles. The molecule has 9 nitrogen and oxygen atoms in total. The molecule has 0 aliphatic carbocycles. The van der Waals surface area contributed by atoms with Crippen molar-refractivity contribution >= 4 is 52.5 Å². The van der Waals surface area contributed by atoms with Crippen LogP contribution in [0.2, 0.25) is 10.2 Å². The molecule has 12 heteroatoms. The Morgan fingerprint density at radius 3 is 2.66 bits per heavy atom. The molecule has 32 heavy (non-hydrogen) atoms. The summed E-state index contributed by atoms with van der Waals surface area (Å²) < 4.78 is 5.86. The van der Waals surface area contributed by atoms with E-state index in [1.807, 2.05) is 24.3 Å². The smallest absolute Gasteiger partial charge is 0.226 e. The maximum absolute atomic E-state index is 6.02. The molecule has 0 amide bonds. The van der Waals surface area contributed by atoms with E-state index in [-0.39, 0.29) is 5.15 Å². The van der Waals surface area contributed by atoms with Gasteiger partial charge in [0.2, 0.25) is 5.95 Å². The SMILES string of the molecule is N/N=C\N(N)c1ccc(OCc2csc(C3CCN(c4ncc(Cl)c(Cl)n4)CC3)n2)cc1. The molecule has 168 valence electrons. The van der Waals surface area contributed by atoms with Crippen LogP contribution in [0.15, 0.2) is 40.9 Å². The first-order valence-corrected chi connectivity index (χ1v) is 11.5. The van der Waals surface area contributed by atoms with Crippen molar-refractivity contribution in [1.82, 2.24) is 15.0 Å². The summed E-state index contributed by atoms with van der Waals surface area (Å²) >= 11 is 13.6. The molecule has 1 aromatic carbocycles. The standard InChI is InChI=1S/C20H22Cl2N8OS/c21-17-9-25-20(28-18(17)22)29-7-5-13(6-8-29)19-27-14(11-32-19)10-31-16-3-1-15(2-4-16)30(24)12-26-23/h1-4,9,11-13H,5-8,10,23-24H2/b26-12-. The minimum atomic E-state index is 0.280. The van der Waals surface area contributed by atoms with Crippen LogP contribution in [-0.2, 0) is 6.61 Å². The van der Waals surface area contributed by atoms with E-state index in [0.717, 1.165) is 48.1 Å². The average molecular weight is 493 g/mol. The van der Waals surface area contributed by atoms with Crippen molar-refractivity contribution in [3.05, 3.63) is 56.7 Å². The van der Waals surface area contributed by atoms with E-state index in [0.29, 0.717) is 23.5 Å². The number of nitrogens with zero attached hydrogens (tertiary/aromatic N) is 6. The summed E-state index contributed by atoms with van der Waals surface area (Å²) in [6.07, 6.45) is 4.81. The van der Waals surface area contributed by atoms with Gasteiger partial charge < -0.3 is 15.5 Å². The van der Waals surface area contributed by atoms with Gasteiger partial charge in [-0.05, 0) is 37.1 Å². The largest absolute Gasteiger partial charge is 0.487 e. The number of nitrogens with two attached hydrogens (primary N) is 2. The van der Waals surface area contributed by atoms with Gasteiger partial charge in [0.1, 0.15) is 18.7 Å². The summed E-state index contributed by atoms with van der Waals surface area (Å²) in [5.74, 6) is 12.6. The number of halogens is 2. The molecule has 1 aliphatic rings. The first-order valence-electron chi connectivity index (χ1n) is 9.91. The van der Waals surface area contributed by atoms with E-state index in [2.05, 4.69) is 25.3 Å². The lowest BCUT2D eigenvalue weighted by Gasteiger charge is -2.31. The molecule has 3 aromatic rings. The fraction of sp³-hybridized carbons (Fsp3) is 0.300. The maximum Gasteiger partial charge on any atom is 0.226 e. The number of ether oxygens (including phenoxy) is 1. The zero-order chi connectivity index (χ0) is 22.5. The molecule has 0 atom stereocenters. The van der Waals surface area contributed by atoms with Crippen LogP contribution in [-0.4, -0.2) is 34.4 Å². The Morgan fingerprint density at radius 1 is 1.22 bits per heavy atom. The minimum absolute atomic E-state index is 0.280. The van der Waals surface area contributed by atoms with Crippen molar-refractivity contribution in [2.45, 2.75) is 25.4 Å². The van der Waals surface area contributed by atoms with E-state index in [1.54, 1.807) is 17.5 Å². The summed E-state index contributed by atoms with van der Waals surface area (Å²) in [5.41, 5.74) is 1.67. The highest BCUT2D eigenvalue weighted by Crippen LogP contribution is 2.32. The van der Waals surface area contributed by atoms with Crippen LogP contribution >= 0.6 is 34.5 Å². The van der Waals surface area contributed by atoms with E-state index >= 15 is 0 Å². The summed E-state index contributed by atoms with van der Waals surface area (Å²) in [6.45, 7) is 2.09. The van der Waals surface area contributed by atoms with Crippen LogP contribution in [0.4, 0.5) is 11.6 Å². The topological polar surface area (TPSA) is 119 Å². The molecule has 0 saturated carbocycles. The number of piperidine rings is 1. The second kappa shape index (κ2) is 10.3. The third-order valence-electron chi connectivity index (χ3n) is 5.10. The lowest BCUT2D eigenvalue weighted by molar-refractivity contribution is 0.301. The Kier molecular flexibility index (Phi) is 7.26. The molecule has 0 bridgehead atoms. The zero-order valence-corrected chi connectivity index (χ0v) is 19.4. The summed E-state index contributed by atoms with van der Waals surface area (Å²) in [4.78, 5) is 15.5. The summed E-state index contributed by atoms with van der Waals surface area (Å²) in [5, 5.41) is 8.55. The first-order chi connectivity index (χ1) is 15.5. The highest BCUT2D eigenvalue weighted by atomic mass is 35.5. The van der Waals surface area contributed by atoms with Crippen LogP contribution in [0, 0.1) is 0 Å². The molecule has 1 fully saturated rings. The Hall–Kier alpha value is -2.66. The molecule has 4 N–H and O–H groups in total. The number of anilines is 2. The van der Waals surface area contributed by atoms with Gasteiger partial charge in [-0.2, -0.15) is 10.1 Å². The quantitative estimate of drug-likeness (QED) is 0.168. The molecular formula is C20H22Cl2N8OS. The van der Waals surface area contributed by atoms with E-state index < -0.39 is 0 Å². The highest BCUT2D eigenvalue weighted by Gasteiger charge is 2.24. The van der Waals surface area contributed by atoms with Gasteiger partial charge in [-0.25, -0.2) is 15.8 Å². The second-order valence-electron chi connectivity index (χ2n) is 7.20. The van der Waals surface area contributed by atoms with Crippen molar-refractivity contribution in [3.63, 3.8) is 0 Å². The number of benzene rings is 1. The zero-order valence-electron chi connectivity index (χ0n) is 17.1. The van der Waals surface area contributed by atoms with Crippen molar-refractivity contribution in [2.24, 2.45) is 16.8 Å². The molecule has 0 radical (unpaired) electrons. The predicted octanol–water partition coefficient (Wildman–Crippen LogP) is 3.79. The molecule has 1 aliphatic heterocycles. The van der Waals surface area contributed by atoms with Crippen molar-refractivity contribution in [2.75, 3.05) is 23.0 Å². The molecule has 1 saturated heterocycles. The van der Waals surface area contributed by atoms with Crippen LogP contribution in [0.3, 0.4) is 0 Å². The van der Waals surface area contributed by atoms with E-state index in [1.165, 1.54) is 11.3 Å². The van der Waals surface area contributed by atoms with Gasteiger partial charge in [0.05, 0.1) is 27.6 Å². The fourth-order valence-corrected chi connectivity index (χ4v) is 4.59. The Bertz CT molecular complexity index is 1070. The number of hydrazine groups is 1. The third-order valence-corrected chi connectivity index (χ3v) is 6.82. The number of hydrazone groups is 1. The number of thiazole rings is 1. The number of rotatable bonds is 7. The lowest BCUT2D eigenvalue weighted by atomic mass is 9.98. The Balaban J connectivity index is 1.29. The van der Waals surface area contributed by atoms with Gasteiger partial charge in [0.15, 0.2) is 5.15 Å². The maximum atomic E-state index is 6.02. The van der Waals surface area contributed by atoms with Crippen molar-refractivity contribution < 1.29 is 4.74 Å². The average Bonchev–Trinajstić information content (AvgIpc) is 3.29. The number of aromatic nitrogens is 3. The minimum Gasteiger partial charge on any atom is -0.487 e. The molecular weight excluding hydrogens is 471 g/mol. The fourth-order valence-electron chi connectivity index (χ4n) is 3.40. The lowest BCUT2D eigenvalue weighted by Crippen LogP contribution is -2.34. The Labute approximate surface area is 199 Å². The number of hydrogen-bond acceptors (Lipinski definition) is 9. The van der Waals surface area contributed by atoms with Crippen molar-refractivity contribution in [1.29, 1.82) is 0 Å². The van der Waals surface area contributed by atoms with Crippen LogP contribution in [0.25, 0.3) is 0 Å². The Morgan fingerprint density at radius 2 is 1.97 bits per heavy atom. The van der Waals surface area contributed by atoms with Crippen molar-refractivity contribution in [3.8, 4) is 5.75 Å². The summed E-state index contributed by atoms with van der Waals surface area (Å²) in [7, 11) is 0. The normalized spacial score (nSPS) is 14.8. The molecule has 0 unspecified atom stereocenters. The van der Waals surface area contributed by atoms with Crippen LogP contribution in [0.5, 0.6) is 5.75 Å². The predicted molar refractivity (Wildman–Crippen MR) is 128 cm³/mol. The van der Waals surface area contributed by atoms with Gasteiger partial charge in [-0.15, -0.1) is 11.3 Å². The van der Waals surface area contributed by atoms with Gasteiger partial charge in [-0.3, -0.25) is 5.01 Å². The second-order valence-corrected chi connectivity index (χ2v) is 8.86. The molecule has 0 spiro atoms. The van der Waals surface area contributed by atoms with Crippen LogP contribution in [0.1, 0.15) is 29.5 Å². The summed E-state index contributed by atoms with van der Waals surface area (Å²) in [6, 6.07) is 7.34. The molecule has 4 rings (SSSR count). The monoisotopic (exact) mass is 492 g/mol. The van der Waals surface area contributed by atoms with E-state index in [9.17, 15) is 0 Å². The highest BCUT2D eigenvalue weighted by molar-refractivity contribution is 7.09. The van der Waals surface area contributed by atoms with Gasteiger partial charge >= 0.3 is 0 Å².